The van der Waals surface area contributed by atoms with Crippen LogP contribution in [0.2, 0.25) is 5.02 Å². The largest absolute Gasteiger partial charge is 0.488 e. The lowest BCUT2D eigenvalue weighted by Crippen LogP contribution is -2.07. The maximum absolute atomic E-state index is 13.3. The Labute approximate surface area is 126 Å². The van der Waals surface area contributed by atoms with Gasteiger partial charge in [0, 0.05) is 17.3 Å². The molecule has 0 fully saturated rings. The monoisotopic (exact) mass is 309 g/mol. The molecule has 0 unspecified atom stereocenters. The summed E-state index contributed by atoms with van der Waals surface area (Å²) in [7, 11) is 1.27. The average molecular weight is 310 g/mol. The molecule has 0 saturated heterocycles. The molecule has 0 heterocycles. The van der Waals surface area contributed by atoms with E-state index in [1.54, 1.807) is 12.1 Å². The summed E-state index contributed by atoms with van der Waals surface area (Å²) in [4.78, 5) is 11.6. The van der Waals surface area contributed by atoms with Gasteiger partial charge in [-0.05, 0) is 18.2 Å². The van der Waals surface area contributed by atoms with Crippen LogP contribution in [0, 0.1) is 5.82 Å². The van der Waals surface area contributed by atoms with Gasteiger partial charge in [-0.2, -0.15) is 0 Å². The highest BCUT2D eigenvalue weighted by molar-refractivity contribution is 6.31. The zero-order chi connectivity index (χ0) is 15.4. The number of rotatable bonds is 4. The van der Waals surface area contributed by atoms with Crippen molar-refractivity contribution in [3.8, 4) is 5.75 Å². The predicted molar refractivity (Wildman–Crippen MR) is 77.9 cm³/mol. The average Bonchev–Trinajstić information content (AvgIpc) is 2.48. The van der Waals surface area contributed by atoms with Crippen LogP contribution in [0.5, 0.6) is 5.75 Å². The Kier molecular flexibility index (Phi) is 4.65. The molecule has 21 heavy (non-hydrogen) atoms. The minimum absolute atomic E-state index is 0.00401. The summed E-state index contributed by atoms with van der Waals surface area (Å²) in [5.74, 6) is -0.823. The maximum Gasteiger partial charge on any atom is 0.341 e. The summed E-state index contributed by atoms with van der Waals surface area (Å²) in [6.07, 6.45) is 0. The molecule has 0 saturated carbocycles. The van der Waals surface area contributed by atoms with Gasteiger partial charge < -0.3 is 15.2 Å². The Balaban J connectivity index is 2.25. The smallest absolute Gasteiger partial charge is 0.341 e. The van der Waals surface area contributed by atoms with E-state index in [1.807, 2.05) is 0 Å². The first-order valence-electron chi connectivity index (χ1n) is 6.06. The Hall–Kier alpha value is -2.27. The van der Waals surface area contributed by atoms with E-state index in [9.17, 15) is 9.18 Å². The van der Waals surface area contributed by atoms with Gasteiger partial charge in [0.05, 0.1) is 12.1 Å². The lowest BCUT2D eigenvalue weighted by molar-refractivity contribution is 0.0595. The third kappa shape index (κ3) is 3.44. The van der Waals surface area contributed by atoms with E-state index in [2.05, 4.69) is 4.74 Å². The molecule has 4 nitrogen and oxygen atoms in total. The van der Waals surface area contributed by atoms with Crippen molar-refractivity contribution in [2.24, 2.45) is 0 Å². The molecule has 0 atom stereocenters. The van der Waals surface area contributed by atoms with Crippen molar-refractivity contribution in [3.05, 3.63) is 58.4 Å². The molecule has 0 aliphatic heterocycles. The fourth-order valence-electron chi connectivity index (χ4n) is 1.75. The Morgan fingerprint density at radius 1 is 1.33 bits per heavy atom. The molecule has 0 aliphatic rings. The fourth-order valence-corrected chi connectivity index (χ4v) is 1.93. The minimum Gasteiger partial charge on any atom is -0.488 e. The summed E-state index contributed by atoms with van der Waals surface area (Å²) in [5.41, 5.74) is 6.81. The Bertz CT molecular complexity index is 676. The number of hydrogen-bond acceptors (Lipinski definition) is 4. The second-order valence-corrected chi connectivity index (χ2v) is 4.63. The van der Waals surface area contributed by atoms with Crippen LogP contribution >= 0.6 is 11.6 Å². The highest BCUT2D eigenvalue weighted by atomic mass is 35.5. The summed E-state index contributed by atoms with van der Waals surface area (Å²) in [6.45, 7) is 0.00401. The maximum atomic E-state index is 13.3. The molecule has 0 spiro atoms. The molecule has 0 amide bonds. The van der Waals surface area contributed by atoms with Gasteiger partial charge >= 0.3 is 5.97 Å². The number of esters is 1. The van der Waals surface area contributed by atoms with E-state index in [0.29, 0.717) is 11.3 Å². The van der Waals surface area contributed by atoms with Crippen molar-refractivity contribution >= 4 is 23.3 Å². The van der Waals surface area contributed by atoms with E-state index in [-0.39, 0.29) is 22.9 Å². The predicted octanol–water partition coefficient (Wildman–Crippen LogP) is 3.43. The summed E-state index contributed by atoms with van der Waals surface area (Å²) in [6, 6.07) is 8.99. The zero-order valence-electron chi connectivity index (χ0n) is 11.2. The third-order valence-corrected chi connectivity index (χ3v) is 3.25. The zero-order valence-corrected chi connectivity index (χ0v) is 12.0. The van der Waals surface area contributed by atoms with Crippen LogP contribution < -0.4 is 10.5 Å². The first kappa shape index (κ1) is 15.1. The molecule has 110 valence electrons. The van der Waals surface area contributed by atoms with Gasteiger partial charge in [-0.3, -0.25) is 0 Å². The SMILES string of the molecule is COC(=O)c1ccc(N)cc1OCc1cccc(F)c1Cl. The third-order valence-electron chi connectivity index (χ3n) is 2.83. The van der Waals surface area contributed by atoms with E-state index in [0.717, 1.165) is 0 Å². The number of ether oxygens (including phenoxy) is 2. The van der Waals surface area contributed by atoms with Crippen LogP contribution in [-0.4, -0.2) is 13.1 Å². The standard InChI is InChI=1S/C15H13ClFNO3/c1-20-15(19)11-6-5-10(18)7-13(11)21-8-9-3-2-4-12(17)14(9)16/h2-7H,8,18H2,1H3. The van der Waals surface area contributed by atoms with Gasteiger partial charge in [0.2, 0.25) is 0 Å². The number of nitrogen functional groups attached to an aromatic ring is 1. The second-order valence-electron chi connectivity index (χ2n) is 4.25. The molecule has 0 bridgehead atoms. The van der Waals surface area contributed by atoms with Crippen LogP contribution in [0.15, 0.2) is 36.4 Å². The molecule has 6 heteroatoms. The molecule has 2 rings (SSSR count). The van der Waals surface area contributed by atoms with Gasteiger partial charge in [0.15, 0.2) is 0 Å². The van der Waals surface area contributed by atoms with Crippen LogP contribution in [-0.2, 0) is 11.3 Å². The molecule has 0 radical (unpaired) electrons. The first-order valence-corrected chi connectivity index (χ1v) is 6.44. The van der Waals surface area contributed by atoms with E-state index >= 15 is 0 Å². The molecule has 0 aliphatic carbocycles. The summed E-state index contributed by atoms with van der Waals surface area (Å²) < 4.78 is 23.5. The Morgan fingerprint density at radius 2 is 2.10 bits per heavy atom. The van der Waals surface area contributed by atoms with Crippen molar-refractivity contribution in [3.63, 3.8) is 0 Å². The van der Waals surface area contributed by atoms with Gasteiger partial charge in [-0.1, -0.05) is 23.7 Å². The number of methoxy groups -OCH3 is 1. The first-order chi connectivity index (χ1) is 10.0. The van der Waals surface area contributed by atoms with Crippen LogP contribution in [0.4, 0.5) is 10.1 Å². The normalized spacial score (nSPS) is 10.2. The number of nitrogens with two attached hydrogens (primary N) is 1. The van der Waals surface area contributed by atoms with E-state index < -0.39 is 11.8 Å². The molecule has 0 aromatic heterocycles. The second kappa shape index (κ2) is 6.45. The summed E-state index contributed by atoms with van der Waals surface area (Å²) in [5, 5.41) is -0.0129. The number of hydrogen-bond donors (Lipinski definition) is 1. The Morgan fingerprint density at radius 3 is 2.81 bits per heavy atom. The van der Waals surface area contributed by atoms with E-state index in [1.165, 1.54) is 31.4 Å². The van der Waals surface area contributed by atoms with Crippen LogP contribution in [0.25, 0.3) is 0 Å². The van der Waals surface area contributed by atoms with Gasteiger partial charge in [-0.15, -0.1) is 0 Å². The van der Waals surface area contributed by atoms with Crippen LogP contribution in [0.1, 0.15) is 15.9 Å². The lowest BCUT2D eigenvalue weighted by atomic mass is 10.2. The quantitative estimate of drug-likeness (QED) is 0.694. The van der Waals surface area contributed by atoms with Crippen molar-refractivity contribution in [1.29, 1.82) is 0 Å². The molecule has 2 aromatic rings. The van der Waals surface area contributed by atoms with Gasteiger partial charge in [0.1, 0.15) is 23.7 Å². The minimum atomic E-state index is -0.546. The van der Waals surface area contributed by atoms with Crippen molar-refractivity contribution in [2.75, 3.05) is 12.8 Å². The van der Waals surface area contributed by atoms with E-state index in [4.69, 9.17) is 22.1 Å². The van der Waals surface area contributed by atoms with Crippen molar-refractivity contribution < 1.29 is 18.7 Å². The van der Waals surface area contributed by atoms with Crippen LogP contribution in [0.3, 0.4) is 0 Å². The molecular weight excluding hydrogens is 297 g/mol. The number of halogens is 2. The molecular formula is C15H13ClFNO3. The highest BCUT2D eigenvalue weighted by Crippen LogP contribution is 2.26. The molecule has 2 aromatic carbocycles. The number of carbonyl (C=O) groups is 1. The van der Waals surface area contributed by atoms with Crippen molar-refractivity contribution in [2.45, 2.75) is 6.61 Å². The van der Waals surface area contributed by atoms with Gasteiger partial charge in [0.25, 0.3) is 0 Å². The topological polar surface area (TPSA) is 61.5 Å². The van der Waals surface area contributed by atoms with Crippen molar-refractivity contribution in [1.82, 2.24) is 0 Å². The highest BCUT2D eigenvalue weighted by Gasteiger charge is 2.14. The number of benzene rings is 2. The summed E-state index contributed by atoms with van der Waals surface area (Å²) >= 11 is 5.85. The fraction of sp³-hybridized carbons (Fsp3) is 0.133. The lowest BCUT2D eigenvalue weighted by Gasteiger charge is -2.12. The number of carbonyl (C=O) groups excluding carboxylic acids is 1. The van der Waals surface area contributed by atoms with Gasteiger partial charge in [-0.25, -0.2) is 9.18 Å². The molecule has 2 N–H and O–H groups in total. The number of anilines is 1.